The van der Waals surface area contributed by atoms with Gasteiger partial charge in [0.2, 0.25) is 11.8 Å². The lowest BCUT2D eigenvalue weighted by Gasteiger charge is -2.11. The summed E-state index contributed by atoms with van der Waals surface area (Å²) in [5.74, 6) is -0.549. The summed E-state index contributed by atoms with van der Waals surface area (Å²) in [4.78, 5) is 39.3. The van der Waals surface area contributed by atoms with E-state index in [2.05, 4.69) is 15.6 Å². The second-order valence-corrected chi connectivity index (χ2v) is 7.44. The number of anilines is 1. The lowest BCUT2D eigenvalue weighted by atomic mass is 10.2. The lowest BCUT2D eigenvalue weighted by molar-refractivity contribution is -0.384. The second-order valence-electron chi connectivity index (χ2n) is 6.25. The van der Waals surface area contributed by atoms with Crippen molar-refractivity contribution in [2.45, 2.75) is 18.6 Å². The van der Waals surface area contributed by atoms with Gasteiger partial charge in [0.1, 0.15) is 11.0 Å². The van der Waals surface area contributed by atoms with Crippen molar-refractivity contribution in [2.75, 3.05) is 12.4 Å². The number of non-ortho nitro benzene ring substituents is 1. The molecular weight excluding hydrogens is 396 g/mol. The van der Waals surface area contributed by atoms with Crippen LogP contribution in [0.5, 0.6) is 5.75 Å². The number of nitro groups is 1. The molecule has 0 saturated carbocycles. The van der Waals surface area contributed by atoms with Gasteiger partial charge < -0.3 is 15.4 Å². The molecule has 9 nitrogen and oxygen atoms in total. The largest absolute Gasteiger partial charge is 0.494 e. The van der Waals surface area contributed by atoms with Crippen molar-refractivity contribution in [3.63, 3.8) is 0 Å². The van der Waals surface area contributed by atoms with Gasteiger partial charge in [0, 0.05) is 12.5 Å². The Bertz CT molecular complexity index is 1010. The predicted octanol–water partition coefficient (Wildman–Crippen LogP) is 3.16. The summed E-state index contributed by atoms with van der Waals surface area (Å²) in [6.07, 6.45) is -0.0799. The number of thioether (sulfide) groups is 1. The van der Waals surface area contributed by atoms with Crippen molar-refractivity contribution in [2.24, 2.45) is 4.99 Å². The van der Waals surface area contributed by atoms with E-state index < -0.39 is 16.1 Å². The molecule has 1 heterocycles. The second kappa shape index (κ2) is 8.74. The van der Waals surface area contributed by atoms with Gasteiger partial charge in [0.05, 0.1) is 29.5 Å². The molecule has 2 aromatic rings. The molecule has 1 atom stereocenters. The van der Waals surface area contributed by atoms with Gasteiger partial charge >= 0.3 is 0 Å². The van der Waals surface area contributed by atoms with Crippen LogP contribution in [0, 0.1) is 17.0 Å². The topological polar surface area (TPSA) is 123 Å². The number of benzene rings is 2. The summed E-state index contributed by atoms with van der Waals surface area (Å²) in [5.41, 5.74) is 1.91. The maximum atomic E-state index is 12.4. The van der Waals surface area contributed by atoms with Crippen LogP contribution in [0.3, 0.4) is 0 Å². The van der Waals surface area contributed by atoms with E-state index in [1.54, 1.807) is 0 Å². The van der Waals surface area contributed by atoms with Crippen molar-refractivity contribution in [1.82, 2.24) is 5.32 Å². The Morgan fingerprint density at radius 2 is 2.14 bits per heavy atom. The average molecular weight is 414 g/mol. The number of nitrogens with zero attached hydrogens (tertiary/aromatic N) is 2. The van der Waals surface area contributed by atoms with Crippen molar-refractivity contribution in [3.05, 3.63) is 58.1 Å². The minimum atomic E-state index is -0.623. The molecule has 150 valence electrons. The van der Waals surface area contributed by atoms with Crippen molar-refractivity contribution in [3.8, 4) is 5.75 Å². The Hall–Kier alpha value is -3.40. The van der Waals surface area contributed by atoms with E-state index in [9.17, 15) is 19.7 Å². The number of methoxy groups -OCH3 is 1. The highest BCUT2D eigenvalue weighted by atomic mass is 32.2. The number of carbonyl (C=O) groups is 2. The number of hydrogen-bond donors (Lipinski definition) is 2. The molecule has 2 amide bonds. The fraction of sp³-hybridized carbons (Fsp3) is 0.211. The Balaban J connectivity index is 1.65. The average Bonchev–Trinajstić information content (AvgIpc) is 3.00. The zero-order valence-electron chi connectivity index (χ0n) is 15.7. The fourth-order valence-electron chi connectivity index (χ4n) is 2.67. The van der Waals surface area contributed by atoms with Crippen LogP contribution < -0.4 is 15.4 Å². The molecule has 0 radical (unpaired) electrons. The van der Waals surface area contributed by atoms with Gasteiger partial charge in [0.25, 0.3) is 5.69 Å². The number of amides is 2. The standard InChI is InChI=1S/C19H18N4O5S/c1-11-4-3-5-12(8-11)20-19-22-18(25)16(29-19)10-17(24)21-14-7-6-13(23(26)27)9-15(14)28-2/h3-9,16H,10H2,1-2H3,(H,21,24)(H,20,22,25)/t16-/m1/s1. The fourth-order valence-corrected chi connectivity index (χ4v) is 3.66. The van der Waals surface area contributed by atoms with Crippen LogP contribution in [0.2, 0.25) is 0 Å². The normalized spacial score (nSPS) is 17.1. The molecule has 3 rings (SSSR count). The van der Waals surface area contributed by atoms with E-state index in [1.165, 1.54) is 37.1 Å². The number of rotatable bonds is 6. The summed E-state index contributed by atoms with van der Waals surface area (Å²) in [5, 5.41) is 16.0. The van der Waals surface area contributed by atoms with E-state index in [0.29, 0.717) is 16.5 Å². The molecule has 0 spiro atoms. The van der Waals surface area contributed by atoms with E-state index >= 15 is 0 Å². The van der Waals surface area contributed by atoms with Crippen LogP contribution in [-0.4, -0.2) is 34.3 Å². The summed E-state index contributed by atoms with van der Waals surface area (Å²) in [6, 6.07) is 11.4. The van der Waals surface area contributed by atoms with E-state index in [0.717, 1.165) is 5.56 Å². The van der Waals surface area contributed by atoms with E-state index in [4.69, 9.17) is 4.74 Å². The van der Waals surface area contributed by atoms with Gasteiger partial charge in [-0.1, -0.05) is 23.9 Å². The zero-order valence-corrected chi connectivity index (χ0v) is 16.5. The van der Waals surface area contributed by atoms with Crippen molar-refractivity contribution < 1.29 is 19.2 Å². The van der Waals surface area contributed by atoms with Crippen LogP contribution in [0.15, 0.2) is 47.5 Å². The third-order valence-corrected chi connectivity index (χ3v) is 5.13. The first kappa shape index (κ1) is 20.3. The molecule has 10 heteroatoms. The third kappa shape index (κ3) is 5.11. The predicted molar refractivity (Wildman–Crippen MR) is 111 cm³/mol. The number of aryl methyl sites for hydroxylation is 1. The molecule has 2 N–H and O–H groups in total. The molecule has 1 aliphatic rings. The minimum Gasteiger partial charge on any atom is -0.494 e. The van der Waals surface area contributed by atoms with Crippen LogP contribution >= 0.6 is 11.8 Å². The number of aliphatic imine (C=N–C) groups is 1. The highest BCUT2D eigenvalue weighted by Gasteiger charge is 2.32. The Morgan fingerprint density at radius 3 is 2.83 bits per heavy atom. The van der Waals surface area contributed by atoms with Gasteiger partial charge in [-0.3, -0.25) is 19.7 Å². The third-order valence-electron chi connectivity index (χ3n) is 4.05. The highest BCUT2D eigenvalue weighted by Crippen LogP contribution is 2.30. The minimum absolute atomic E-state index is 0.0799. The summed E-state index contributed by atoms with van der Waals surface area (Å²) in [7, 11) is 1.35. The summed E-state index contributed by atoms with van der Waals surface area (Å²) < 4.78 is 5.10. The zero-order chi connectivity index (χ0) is 21.0. The SMILES string of the molecule is COc1cc([N+](=O)[O-])ccc1NC(=O)C[C@H]1SC(=Nc2cccc(C)c2)NC1=O. The van der Waals surface area contributed by atoms with Gasteiger partial charge in [-0.15, -0.1) is 0 Å². The molecule has 2 aromatic carbocycles. The Kier molecular flexibility index (Phi) is 6.13. The summed E-state index contributed by atoms with van der Waals surface area (Å²) >= 11 is 1.18. The highest BCUT2D eigenvalue weighted by molar-refractivity contribution is 8.15. The van der Waals surface area contributed by atoms with Crippen molar-refractivity contribution >= 4 is 45.8 Å². The van der Waals surface area contributed by atoms with Crippen LogP contribution in [0.1, 0.15) is 12.0 Å². The Labute approximate surface area is 170 Å². The van der Waals surface area contributed by atoms with Gasteiger partial charge in [-0.2, -0.15) is 0 Å². The van der Waals surface area contributed by atoms with E-state index in [-0.39, 0.29) is 23.8 Å². The molecule has 0 unspecified atom stereocenters. The molecule has 0 aromatic heterocycles. The maximum Gasteiger partial charge on any atom is 0.273 e. The first-order valence-electron chi connectivity index (χ1n) is 8.61. The van der Waals surface area contributed by atoms with Gasteiger partial charge in [-0.05, 0) is 30.7 Å². The van der Waals surface area contributed by atoms with Gasteiger partial charge in [0.15, 0.2) is 5.17 Å². The molecule has 1 saturated heterocycles. The van der Waals surface area contributed by atoms with Crippen LogP contribution in [0.4, 0.5) is 17.1 Å². The molecule has 29 heavy (non-hydrogen) atoms. The number of hydrogen-bond acceptors (Lipinski definition) is 7. The maximum absolute atomic E-state index is 12.4. The van der Waals surface area contributed by atoms with E-state index in [1.807, 2.05) is 31.2 Å². The molecule has 0 aliphatic carbocycles. The van der Waals surface area contributed by atoms with Crippen LogP contribution in [0.25, 0.3) is 0 Å². The molecule has 1 fully saturated rings. The lowest BCUT2D eigenvalue weighted by Crippen LogP contribution is -2.28. The number of ether oxygens (including phenoxy) is 1. The quantitative estimate of drug-likeness (QED) is 0.553. The number of nitrogens with one attached hydrogen (secondary N) is 2. The molecular formula is C19H18N4O5S. The first-order valence-corrected chi connectivity index (χ1v) is 9.49. The number of carbonyl (C=O) groups excluding carboxylic acids is 2. The van der Waals surface area contributed by atoms with Crippen LogP contribution in [-0.2, 0) is 9.59 Å². The number of amidine groups is 1. The smallest absolute Gasteiger partial charge is 0.273 e. The summed E-state index contributed by atoms with van der Waals surface area (Å²) in [6.45, 7) is 1.95. The first-order chi connectivity index (χ1) is 13.9. The Morgan fingerprint density at radius 1 is 1.34 bits per heavy atom. The van der Waals surface area contributed by atoms with Crippen molar-refractivity contribution in [1.29, 1.82) is 0 Å². The molecule has 1 aliphatic heterocycles. The van der Waals surface area contributed by atoms with Gasteiger partial charge in [-0.25, -0.2) is 4.99 Å². The number of nitro benzene ring substituents is 1. The molecule has 0 bridgehead atoms. The monoisotopic (exact) mass is 414 g/mol.